The minimum absolute atomic E-state index is 0.0582. The summed E-state index contributed by atoms with van der Waals surface area (Å²) in [4.78, 5) is 12.8. The largest absolute Gasteiger partial charge is 0.490 e. The van der Waals surface area contributed by atoms with Crippen molar-refractivity contribution in [1.82, 2.24) is 9.78 Å². The van der Waals surface area contributed by atoms with E-state index in [-0.39, 0.29) is 12.2 Å². The molecule has 0 amide bonds. The summed E-state index contributed by atoms with van der Waals surface area (Å²) in [6.45, 7) is 5.99. The van der Waals surface area contributed by atoms with Gasteiger partial charge in [0.15, 0.2) is 11.5 Å². The first-order valence-corrected chi connectivity index (χ1v) is 11.5. The van der Waals surface area contributed by atoms with Crippen LogP contribution in [0.1, 0.15) is 34.2 Å². The molecular weight excluding hydrogens is 529 g/mol. The van der Waals surface area contributed by atoms with E-state index in [0.29, 0.717) is 49.6 Å². The lowest BCUT2D eigenvalue weighted by molar-refractivity contribution is 0.0943. The number of benzene rings is 2. The first kappa shape index (κ1) is 24.8. The fourth-order valence-corrected chi connectivity index (χ4v) is 4.16. The number of hydrogen-bond acceptors (Lipinski definition) is 5. The Morgan fingerprint density at radius 1 is 1.21 bits per heavy atom. The maximum absolute atomic E-state index is 12.8. The Kier molecular flexibility index (Phi) is 8.20. The molecule has 3 aromatic rings. The van der Waals surface area contributed by atoms with Gasteiger partial charge in [-0.25, -0.2) is 4.68 Å². The van der Waals surface area contributed by atoms with E-state index in [1.54, 1.807) is 50.2 Å². The number of carbonyl (C=O) groups is 1. The van der Waals surface area contributed by atoms with Gasteiger partial charge in [-0.1, -0.05) is 29.3 Å². The van der Waals surface area contributed by atoms with Crippen molar-refractivity contribution in [2.75, 3.05) is 6.61 Å². The van der Waals surface area contributed by atoms with E-state index in [2.05, 4.69) is 21.0 Å². The average Bonchev–Trinajstić information content (AvgIpc) is 3.10. The Balaban J connectivity index is 1.93. The van der Waals surface area contributed by atoms with Crippen LogP contribution in [-0.2, 0) is 6.61 Å². The molecule has 0 spiro atoms. The van der Waals surface area contributed by atoms with Gasteiger partial charge in [-0.3, -0.25) is 4.79 Å². The van der Waals surface area contributed by atoms with Gasteiger partial charge in [0.25, 0.3) is 5.91 Å². The molecule has 0 fully saturated rings. The molecule has 2 aromatic carbocycles. The molecule has 0 bridgehead atoms. The van der Waals surface area contributed by atoms with Crippen molar-refractivity contribution in [1.29, 1.82) is 5.26 Å². The molecule has 0 saturated heterocycles. The summed E-state index contributed by atoms with van der Waals surface area (Å²) in [5.41, 5.74) is 2.65. The molecule has 0 aliphatic heterocycles. The number of nitriles is 1. The molecule has 1 heterocycles. The minimum Gasteiger partial charge on any atom is -0.490 e. The van der Waals surface area contributed by atoms with E-state index in [1.165, 1.54) is 10.8 Å². The van der Waals surface area contributed by atoms with Gasteiger partial charge in [-0.05, 0) is 78.7 Å². The summed E-state index contributed by atoms with van der Waals surface area (Å²) >= 11 is 15.7. The van der Waals surface area contributed by atoms with Crippen molar-refractivity contribution in [3.05, 3.63) is 79.0 Å². The number of rotatable bonds is 7. The lowest BCUT2D eigenvalue weighted by Crippen LogP contribution is -2.15. The normalized spacial score (nSPS) is 11.2. The molecule has 170 valence electrons. The van der Waals surface area contributed by atoms with Crippen molar-refractivity contribution in [3.8, 4) is 17.6 Å². The van der Waals surface area contributed by atoms with E-state index in [9.17, 15) is 10.1 Å². The molecule has 0 unspecified atom stereocenters. The molecule has 0 aliphatic carbocycles. The van der Waals surface area contributed by atoms with Crippen LogP contribution in [0.3, 0.4) is 0 Å². The molecule has 9 heteroatoms. The number of ether oxygens (including phenoxy) is 2. The zero-order chi connectivity index (χ0) is 24.1. The third kappa shape index (κ3) is 5.97. The Labute approximate surface area is 210 Å². The standard InChI is InChI=1S/C24H20BrCl2N3O3/c1-4-32-22-10-16(8-18(12-28)24(31)30-15(3)7-14(2)29-30)9-20(25)23(22)33-13-17-5-6-19(26)11-21(17)27/h5-11H,4,13H2,1-3H3/b18-8+. The van der Waals surface area contributed by atoms with E-state index in [1.807, 2.05) is 13.0 Å². The van der Waals surface area contributed by atoms with Gasteiger partial charge in [0.1, 0.15) is 18.2 Å². The molecule has 0 N–H and O–H groups in total. The summed E-state index contributed by atoms with van der Waals surface area (Å²) in [5, 5.41) is 14.8. The van der Waals surface area contributed by atoms with Gasteiger partial charge in [0.05, 0.1) is 16.8 Å². The molecule has 0 saturated carbocycles. The number of hydrogen-bond donors (Lipinski definition) is 0. The summed E-state index contributed by atoms with van der Waals surface area (Å²) < 4.78 is 13.6. The lowest BCUT2D eigenvalue weighted by Gasteiger charge is -2.15. The van der Waals surface area contributed by atoms with Crippen LogP contribution in [0.15, 0.2) is 46.4 Å². The molecule has 33 heavy (non-hydrogen) atoms. The molecule has 0 atom stereocenters. The van der Waals surface area contributed by atoms with Crippen LogP contribution < -0.4 is 9.47 Å². The topological polar surface area (TPSA) is 77.1 Å². The zero-order valence-electron chi connectivity index (χ0n) is 18.2. The van der Waals surface area contributed by atoms with Crippen LogP contribution in [0.4, 0.5) is 0 Å². The highest BCUT2D eigenvalue weighted by molar-refractivity contribution is 9.10. The summed E-state index contributed by atoms with van der Waals surface area (Å²) in [7, 11) is 0. The van der Waals surface area contributed by atoms with Crippen molar-refractivity contribution < 1.29 is 14.3 Å². The number of allylic oxidation sites excluding steroid dienone is 1. The van der Waals surface area contributed by atoms with Crippen LogP contribution in [0, 0.1) is 25.2 Å². The first-order valence-electron chi connectivity index (χ1n) is 9.96. The minimum atomic E-state index is -0.505. The number of halogens is 3. The molecular formula is C24H20BrCl2N3O3. The molecule has 1 aromatic heterocycles. The first-order chi connectivity index (χ1) is 15.7. The molecule has 0 radical (unpaired) electrons. The van der Waals surface area contributed by atoms with Gasteiger partial charge < -0.3 is 9.47 Å². The van der Waals surface area contributed by atoms with Crippen molar-refractivity contribution in [2.45, 2.75) is 27.4 Å². The Hall–Kier alpha value is -2.79. The lowest BCUT2D eigenvalue weighted by atomic mass is 10.1. The van der Waals surface area contributed by atoms with Crippen LogP contribution in [-0.4, -0.2) is 22.3 Å². The second-order valence-electron chi connectivity index (χ2n) is 7.10. The predicted molar refractivity (Wildman–Crippen MR) is 132 cm³/mol. The quantitative estimate of drug-likeness (QED) is 0.240. The summed E-state index contributed by atoms with van der Waals surface area (Å²) in [6.07, 6.45) is 1.49. The smallest absolute Gasteiger partial charge is 0.289 e. The SMILES string of the molecule is CCOc1cc(/C=C(\C#N)C(=O)n2nc(C)cc2C)cc(Br)c1OCc1ccc(Cl)cc1Cl. The second-order valence-corrected chi connectivity index (χ2v) is 8.80. The van der Waals surface area contributed by atoms with Gasteiger partial charge in [0.2, 0.25) is 0 Å². The van der Waals surface area contributed by atoms with Gasteiger partial charge in [-0.15, -0.1) is 0 Å². The molecule has 0 aliphatic rings. The zero-order valence-corrected chi connectivity index (χ0v) is 21.3. The Bertz CT molecular complexity index is 1280. The molecule has 3 rings (SSSR count). The third-order valence-corrected chi connectivity index (χ3v) is 5.76. The second kappa shape index (κ2) is 10.9. The predicted octanol–water partition coefficient (Wildman–Crippen LogP) is 6.79. The van der Waals surface area contributed by atoms with Crippen LogP contribution in [0.25, 0.3) is 6.08 Å². The number of carbonyl (C=O) groups excluding carboxylic acids is 1. The fraction of sp³-hybridized carbons (Fsp3) is 0.208. The number of aromatic nitrogens is 2. The summed E-state index contributed by atoms with van der Waals surface area (Å²) in [6, 6.07) is 12.4. The van der Waals surface area contributed by atoms with Crippen molar-refractivity contribution in [3.63, 3.8) is 0 Å². The van der Waals surface area contributed by atoms with Crippen molar-refractivity contribution >= 4 is 51.1 Å². The van der Waals surface area contributed by atoms with E-state index in [4.69, 9.17) is 32.7 Å². The fourth-order valence-electron chi connectivity index (χ4n) is 3.12. The van der Waals surface area contributed by atoms with E-state index < -0.39 is 5.91 Å². The third-order valence-electron chi connectivity index (χ3n) is 4.58. The highest BCUT2D eigenvalue weighted by Gasteiger charge is 2.18. The van der Waals surface area contributed by atoms with E-state index >= 15 is 0 Å². The molecule has 6 nitrogen and oxygen atoms in total. The average molecular weight is 549 g/mol. The van der Waals surface area contributed by atoms with Crippen molar-refractivity contribution in [2.24, 2.45) is 0 Å². The highest BCUT2D eigenvalue weighted by atomic mass is 79.9. The van der Waals surface area contributed by atoms with Crippen LogP contribution in [0.5, 0.6) is 11.5 Å². The number of aryl methyl sites for hydroxylation is 2. The van der Waals surface area contributed by atoms with E-state index in [0.717, 1.165) is 5.56 Å². The van der Waals surface area contributed by atoms with Gasteiger partial charge in [-0.2, -0.15) is 10.4 Å². The maximum atomic E-state index is 12.8. The number of nitrogens with zero attached hydrogens (tertiary/aromatic N) is 3. The van der Waals surface area contributed by atoms with Crippen LogP contribution >= 0.6 is 39.1 Å². The van der Waals surface area contributed by atoms with Gasteiger partial charge >= 0.3 is 0 Å². The summed E-state index contributed by atoms with van der Waals surface area (Å²) in [5.74, 6) is 0.428. The Morgan fingerprint density at radius 3 is 2.58 bits per heavy atom. The van der Waals surface area contributed by atoms with Crippen LogP contribution in [0.2, 0.25) is 10.0 Å². The highest BCUT2D eigenvalue weighted by Crippen LogP contribution is 2.38. The monoisotopic (exact) mass is 547 g/mol. The Morgan fingerprint density at radius 2 is 1.97 bits per heavy atom. The maximum Gasteiger partial charge on any atom is 0.289 e. The van der Waals surface area contributed by atoms with Gasteiger partial charge in [0, 0.05) is 21.3 Å².